The van der Waals surface area contributed by atoms with Crippen LogP contribution in [0.15, 0.2) is 36.4 Å². The van der Waals surface area contributed by atoms with Crippen molar-refractivity contribution in [2.24, 2.45) is 0 Å². The molecule has 0 unspecified atom stereocenters. The number of anilines is 1. The Labute approximate surface area is 124 Å². The SMILES string of the molecule is Cc1ccc(CC(=O)Nc2c(C)cc(C)cc2Cl)cc1. The molecule has 0 atom stereocenters. The third-order valence-electron chi connectivity index (χ3n) is 3.18. The van der Waals surface area contributed by atoms with E-state index in [1.807, 2.05) is 57.2 Å². The molecule has 0 aliphatic rings. The molecular formula is C17H18ClNO. The lowest BCUT2D eigenvalue weighted by atomic mass is 10.1. The summed E-state index contributed by atoms with van der Waals surface area (Å²) in [6.07, 6.45) is 0.351. The van der Waals surface area contributed by atoms with Crippen LogP contribution in [0.2, 0.25) is 5.02 Å². The minimum Gasteiger partial charge on any atom is -0.324 e. The Morgan fingerprint density at radius 1 is 1.05 bits per heavy atom. The molecule has 2 aromatic carbocycles. The van der Waals surface area contributed by atoms with Crippen LogP contribution < -0.4 is 5.32 Å². The predicted octanol–water partition coefficient (Wildman–Crippen LogP) is 4.45. The summed E-state index contributed by atoms with van der Waals surface area (Å²) < 4.78 is 0. The highest BCUT2D eigenvalue weighted by Gasteiger charge is 2.10. The molecule has 0 aliphatic carbocycles. The van der Waals surface area contributed by atoms with E-state index in [2.05, 4.69) is 5.32 Å². The second-order valence-corrected chi connectivity index (χ2v) is 5.56. The van der Waals surface area contributed by atoms with Gasteiger partial charge in [0.05, 0.1) is 17.1 Å². The summed E-state index contributed by atoms with van der Waals surface area (Å²) in [4.78, 5) is 12.1. The minimum absolute atomic E-state index is 0.0530. The average molecular weight is 288 g/mol. The van der Waals surface area contributed by atoms with Gasteiger partial charge in [0, 0.05) is 0 Å². The lowest BCUT2D eigenvalue weighted by Gasteiger charge is -2.11. The summed E-state index contributed by atoms with van der Waals surface area (Å²) in [5, 5.41) is 3.48. The molecule has 1 amide bonds. The van der Waals surface area contributed by atoms with Crippen molar-refractivity contribution in [2.45, 2.75) is 27.2 Å². The molecule has 3 heteroatoms. The van der Waals surface area contributed by atoms with Gasteiger partial charge in [-0.2, -0.15) is 0 Å². The predicted molar refractivity (Wildman–Crippen MR) is 84.4 cm³/mol. The van der Waals surface area contributed by atoms with E-state index in [1.54, 1.807) is 0 Å². The number of hydrogen-bond donors (Lipinski definition) is 1. The topological polar surface area (TPSA) is 29.1 Å². The Balaban J connectivity index is 2.10. The van der Waals surface area contributed by atoms with E-state index in [-0.39, 0.29) is 5.91 Å². The van der Waals surface area contributed by atoms with Crippen molar-refractivity contribution >= 4 is 23.2 Å². The Bertz CT molecular complexity index is 609. The summed E-state index contributed by atoms with van der Waals surface area (Å²) in [5.41, 5.74) is 4.95. The van der Waals surface area contributed by atoms with Crippen LogP contribution in [-0.4, -0.2) is 5.91 Å². The van der Waals surface area contributed by atoms with Crippen molar-refractivity contribution in [3.8, 4) is 0 Å². The number of aryl methyl sites for hydroxylation is 3. The number of nitrogens with one attached hydrogen (secondary N) is 1. The van der Waals surface area contributed by atoms with Crippen molar-refractivity contribution < 1.29 is 4.79 Å². The molecular weight excluding hydrogens is 270 g/mol. The van der Waals surface area contributed by atoms with Gasteiger partial charge in [0.2, 0.25) is 5.91 Å². The van der Waals surface area contributed by atoms with Crippen molar-refractivity contribution in [1.29, 1.82) is 0 Å². The van der Waals surface area contributed by atoms with Crippen LogP contribution in [0, 0.1) is 20.8 Å². The molecule has 0 aliphatic heterocycles. The Kier molecular flexibility index (Phi) is 4.46. The van der Waals surface area contributed by atoms with Crippen molar-refractivity contribution in [3.63, 3.8) is 0 Å². The lowest BCUT2D eigenvalue weighted by molar-refractivity contribution is -0.115. The molecule has 0 spiro atoms. The number of rotatable bonds is 3. The maximum atomic E-state index is 12.1. The summed E-state index contributed by atoms with van der Waals surface area (Å²) in [7, 11) is 0. The Morgan fingerprint density at radius 2 is 1.70 bits per heavy atom. The van der Waals surface area contributed by atoms with E-state index in [1.165, 1.54) is 5.56 Å². The van der Waals surface area contributed by atoms with Gasteiger partial charge in [0.15, 0.2) is 0 Å². The normalized spacial score (nSPS) is 10.4. The molecule has 20 heavy (non-hydrogen) atoms. The largest absolute Gasteiger partial charge is 0.324 e. The molecule has 2 nitrogen and oxygen atoms in total. The summed E-state index contributed by atoms with van der Waals surface area (Å²) in [5.74, 6) is -0.0530. The zero-order chi connectivity index (χ0) is 14.7. The number of carbonyl (C=O) groups excluding carboxylic acids is 1. The third kappa shape index (κ3) is 3.61. The number of hydrogen-bond acceptors (Lipinski definition) is 1. The number of amides is 1. The minimum atomic E-state index is -0.0530. The molecule has 0 heterocycles. The van der Waals surface area contributed by atoms with E-state index < -0.39 is 0 Å². The summed E-state index contributed by atoms with van der Waals surface area (Å²) >= 11 is 6.19. The van der Waals surface area contributed by atoms with Crippen molar-refractivity contribution in [3.05, 3.63) is 63.7 Å². The van der Waals surface area contributed by atoms with Gasteiger partial charge in [0.25, 0.3) is 0 Å². The zero-order valence-corrected chi connectivity index (χ0v) is 12.7. The standard InChI is InChI=1S/C17H18ClNO/c1-11-4-6-14(7-5-11)10-16(20)19-17-13(3)8-12(2)9-15(17)18/h4-9H,10H2,1-3H3,(H,19,20). The molecule has 1 N–H and O–H groups in total. The maximum Gasteiger partial charge on any atom is 0.228 e. The Hall–Kier alpha value is -1.80. The highest BCUT2D eigenvalue weighted by Crippen LogP contribution is 2.27. The lowest BCUT2D eigenvalue weighted by Crippen LogP contribution is -2.15. The van der Waals surface area contributed by atoms with Gasteiger partial charge >= 0.3 is 0 Å². The first-order valence-electron chi connectivity index (χ1n) is 6.58. The second-order valence-electron chi connectivity index (χ2n) is 5.15. The molecule has 2 aromatic rings. The van der Waals surface area contributed by atoms with E-state index in [4.69, 9.17) is 11.6 Å². The highest BCUT2D eigenvalue weighted by molar-refractivity contribution is 6.34. The fourth-order valence-corrected chi connectivity index (χ4v) is 2.52. The van der Waals surface area contributed by atoms with Crippen LogP contribution >= 0.6 is 11.6 Å². The number of benzene rings is 2. The van der Waals surface area contributed by atoms with Crippen LogP contribution in [0.25, 0.3) is 0 Å². The molecule has 0 saturated heterocycles. The van der Waals surface area contributed by atoms with Crippen LogP contribution in [-0.2, 0) is 11.2 Å². The first kappa shape index (κ1) is 14.6. The van der Waals surface area contributed by atoms with Crippen LogP contribution in [0.5, 0.6) is 0 Å². The summed E-state index contributed by atoms with van der Waals surface area (Å²) in [6.45, 7) is 5.95. The van der Waals surface area contributed by atoms with Crippen LogP contribution in [0.4, 0.5) is 5.69 Å². The van der Waals surface area contributed by atoms with Gasteiger partial charge in [-0.3, -0.25) is 4.79 Å². The van der Waals surface area contributed by atoms with E-state index >= 15 is 0 Å². The Morgan fingerprint density at radius 3 is 2.30 bits per heavy atom. The first-order valence-corrected chi connectivity index (χ1v) is 6.95. The third-order valence-corrected chi connectivity index (χ3v) is 3.48. The quantitative estimate of drug-likeness (QED) is 0.888. The molecule has 0 bridgehead atoms. The van der Waals surface area contributed by atoms with Gasteiger partial charge in [-0.15, -0.1) is 0 Å². The van der Waals surface area contributed by atoms with Gasteiger partial charge in [-0.05, 0) is 43.5 Å². The van der Waals surface area contributed by atoms with Gasteiger partial charge in [-0.25, -0.2) is 0 Å². The zero-order valence-electron chi connectivity index (χ0n) is 12.0. The molecule has 104 valence electrons. The van der Waals surface area contributed by atoms with Gasteiger partial charge < -0.3 is 5.32 Å². The fraction of sp³-hybridized carbons (Fsp3) is 0.235. The van der Waals surface area contributed by atoms with Crippen molar-refractivity contribution in [2.75, 3.05) is 5.32 Å². The van der Waals surface area contributed by atoms with E-state index in [0.717, 1.165) is 16.7 Å². The smallest absolute Gasteiger partial charge is 0.228 e. The second kappa shape index (κ2) is 6.10. The van der Waals surface area contributed by atoms with Crippen LogP contribution in [0.1, 0.15) is 22.3 Å². The van der Waals surface area contributed by atoms with Crippen molar-refractivity contribution in [1.82, 2.24) is 0 Å². The molecule has 0 aromatic heterocycles. The average Bonchev–Trinajstić information content (AvgIpc) is 2.36. The van der Waals surface area contributed by atoms with Gasteiger partial charge in [-0.1, -0.05) is 47.5 Å². The number of halogens is 1. The fourth-order valence-electron chi connectivity index (χ4n) is 2.15. The van der Waals surface area contributed by atoms with Crippen LogP contribution in [0.3, 0.4) is 0 Å². The number of carbonyl (C=O) groups is 1. The first-order chi connectivity index (χ1) is 9.45. The molecule has 0 saturated carbocycles. The summed E-state index contributed by atoms with van der Waals surface area (Å²) in [6, 6.07) is 11.8. The molecule has 0 fully saturated rings. The maximum absolute atomic E-state index is 12.1. The molecule has 0 radical (unpaired) electrons. The van der Waals surface area contributed by atoms with E-state index in [0.29, 0.717) is 17.1 Å². The van der Waals surface area contributed by atoms with Gasteiger partial charge in [0.1, 0.15) is 0 Å². The molecule has 2 rings (SSSR count). The van der Waals surface area contributed by atoms with E-state index in [9.17, 15) is 4.79 Å². The monoisotopic (exact) mass is 287 g/mol. The highest BCUT2D eigenvalue weighted by atomic mass is 35.5.